The first-order valence-electron chi connectivity index (χ1n) is 8.70. The van der Waals surface area contributed by atoms with E-state index < -0.39 is 24.4 Å². The fourth-order valence-corrected chi connectivity index (χ4v) is 3.04. The molecule has 0 aliphatic carbocycles. The Bertz CT molecular complexity index is 845. The molecule has 0 radical (unpaired) electrons. The van der Waals surface area contributed by atoms with Crippen LogP contribution in [-0.2, 0) is 19.1 Å². The number of Topliss-reactive ketones (excluding diaryl/α,β-unsaturated/α-hetero) is 1. The summed E-state index contributed by atoms with van der Waals surface area (Å²) < 4.78 is 14.9. The van der Waals surface area contributed by atoms with Crippen LogP contribution in [0.5, 0.6) is 0 Å². The van der Waals surface area contributed by atoms with E-state index in [2.05, 4.69) is 15.0 Å². The maximum absolute atomic E-state index is 11.9. The van der Waals surface area contributed by atoms with Crippen LogP contribution in [0.2, 0.25) is 0 Å². The van der Waals surface area contributed by atoms with Gasteiger partial charge in [-0.1, -0.05) is 0 Å². The van der Waals surface area contributed by atoms with Gasteiger partial charge in [-0.15, -0.1) is 0 Å². The van der Waals surface area contributed by atoms with Gasteiger partial charge in [0, 0.05) is 12.8 Å². The highest BCUT2D eigenvalue weighted by atomic mass is 16.6. The van der Waals surface area contributed by atoms with E-state index in [-0.39, 0.29) is 25.2 Å². The zero-order chi connectivity index (χ0) is 19.6. The minimum Gasteiger partial charge on any atom is -0.459 e. The second-order valence-corrected chi connectivity index (χ2v) is 6.69. The number of esters is 1. The lowest BCUT2D eigenvalue weighted by Gasteiger charge is -2.16. The van der Waals surface area contributed by atoms with Crippen LogP contribution < -0.4 is 4.72 Å². The molecular formula is C15H21B2N5O5. The first-order chi connectivity index (χ1) is 12.9. The van der Waals surface area contributed by atoms with Crippen molar-refractivity contribution in [1.82, 2.24) is 19.5 Å². The normalized spacial score (nSPS) is 22.1. The number of hydrogen-bond acceptors (Lipinski definition) is 9. The highest BCUT2D eigenvalue weighted by Gasteiger charge is 2.39. The Kier molecular flexibility index (Phi) is 5.76. The van der Waals surface area contributed by atoms with Crippen molar-refractivity contribution in [2.24, 2.45) is 0 Å². The highest BCUT2D eigenvalue weighted by Crippen LogP contribution is 2.33. The van der Waals surface area contributed by atoms with E-state index in [1.54, 1.807) is 10.9 Å². The third kappa shape index (κ3) is 4.11. The molecule has 3 rings (SSSR count). The van der Waals surface area contributed by atoms with Crippen LogP contribution in [0.4, 0.5) is 5.82 Å². The van der Waals surface area contributed by atoms with Crippen molar-refractivity contribution in [3.8, 4) is 0 Å². The van der Waals surface area contributed by atoms with Crippen LogP contribution in [0.25, 0.3) is 11.2 Å². The average molecular weight is 373 g/mol. The number of carbonyl (C=O) groups excluding carboxylic acids is 2. The Hall–Kier alpha value is -2.46. The number of ketones is 1. The smallest absolute Gasteiger partial charge is 0.306 e. The van der Waals surface area contributed by atoms with E-state index in [1.807, 2.05) is 20.7 Å². The lowest BCUT2D eigenvalue weighted by Crippen LogP contribution is -2.30. The Labute approximate surface area is 157 Å². The molecule has 2 aromatic rings. The van der Waals surface area contributed by atoms with Gasteiger partial charge in [0.15, 0.2) is 5.65 Å². The maximum atomic E-state index is 11.9. The molecule has 12 heteroatoms. The van der Waals surface area contributed by atoms with Gasteiger partial charge in [0.2, 0.25) is 16.0 Å². The van der Waals surface area contributed by atoms with E-state index in [1.165, 1.54) is 13.3 Å². The number of aromatic nitrogens is 4. The number of ether oxygens (including phenoxy) is 2. The van der Waals surface area contributed by atoms with Crippen LogP contribution in [0.1, 0.15) is 32.4 Å². The van der Waals surface area contributed by atoms with Crippen molar-refractivity contribution in [1.29, 1.82) is 0 Å². The summed E-state index contributed by atoms with van der Waals surface area (Å²) in [6.07, 6.45) is 1.82. The molecule has 3 atom stereocenters. The minimum atomic E-state index is -0.649. The van der Waals surface area contributed by atoms with Crippen LogP contribution in [0.3, 0.4) is 0 Å². The summed E-state index contributed by atoms with van der Waals surface area (Å²) in [5.74, 6) is 0.126. The molecule has 142 valence electrons. The molecular weight excluding hydrogens is 352 g/mol. The number of hydrogen-bond donors (Lipinski definition) is 1. The first-order valence-corrected chi connectivity index (χ1v) is 8.70. The van der Waals surface area contributed by atoms with Crippen LogP contribution >= 0.6 is 0 Å². The topological polar surface area (TPSA) is 120 Å². The molecule has 1 N–H and O–H groups in total. The summed E-state index contributed by atoms with van der Waals surface area (Å²) in [4.78, 5) is 35.8. The quantitative estimate of drug-likeness (QED) is 0.447. The van der Waals surface area contributed by atoms with Crippen molar-refractivity contribution >= 4 is 44.7 Å². The van der Waals surface area contributed by atoms with Crippen molar-refractivity contribution < 1.29 is 24.2 Å². The fourth-order valence-electron chi connectivity index (χ4n) is 3.04. The van der Waals surface area contributed by atoms with E-state index in [0.717, 1.165) is 0 Å². The Morgan fingerprint density at radius 3 is 2.81 bits per heavy atom. The monoisotopic (exact) mass is 373 g/mol. The summed E-state index contributed by atoms with van der Waals surface area (Å²) in [7, 11) is 3.73. The molecule has 1 aliphatic rings. The van der Waals surface area contributed by atoms with Crippen LogP contribution in [-0.4, -0.2) is 71.2 Å². The lowest BCUT2D eigenvalue weighted by atomic mass is 10.1. The number of rotatable bonds is 7. The zero-order valence-corrected chi connectivity index (χ0v) is 15.5. The molecule has 1 unspecified atom stereocenters. The van der Waals surface area contributed by atoms with E-state index in [0.29, 0.717) is 23.4 Å². The zero-order valence-electron chi connectivity index (χ0n) is 15.5. The maximum Gasteiger partial charge on any atom is 0.306 e. The third-order valence-electron chi connectivity index (χ3n) is 4.40. The van der Waals surface area contributed by atoms with Gasteiger partial charge in [-0.25, -0.2) is 15.0 Å². The van der Waals surface area contributed by atoms with Gasteiger partial charge in [0.1, 0.15) is 41.9 Å². The molecule has 10 nitrogen and oxygen atoms in total. The molecule has 0 spiro atoms. The highest BCUT2D eigenvalue weighted by molar-refractivity contribution is 6.42. The van der Waals surface area contributed by atoms with E-state index >= 15 is 0 Å². The van der Waals surface area contributed by atoms with Crippen molar-refractivity contribution in [2.45, 2.75) is 44.6 Å². The lowest BCUT2D eigenvalue weighted by molar-refractivity contribution is -0.153. The largest absolute Gasteiger partial charge is 0.459 e. The van der Waals surface area contributed by atoms with Crippen molar-refractivity contribution in [3.05, 3.63) is 12.7 Å². The summed E-state index contributed by atoms with van der Waals surface area (Å²) in [5.41, 5.74) is 1.23. The van der Waals surface area contributed by atoms with Crippen LogP contribution in [0.15, 0.2) is 12.7 Å². The van der Waals surface area contributed by atoms with Gasteiger partial charge in [-0.05, 0) is 6.92 Å². The molecule has 2 aromatic heterocycles. The minimum absolute atomic E-state index is 0.0159. The SMILES string of the molecule is BN(B)c1ncnc2c1ncn2[C@H]1CC(OC(=O)CCC(C)=O)[C@@H](CO)O1. The number of fused-ring (bicyclic) bond motifs is 1. The Morgan fingerprint density at radius 2 is 2.15 bits per heavy atom. The van der Waals surface area contributed by atoms with Gasteiger partial charge >= 0.3 is 5.97 Å². The summed E-state index contributed by atoms with van der Waals surface area (Å²) in [6, 6.07) is 0. The number of aliphatic hydroxyl groups is 1. The Morgan fingerprint density at radius 1 is 1.37 bits per heavy atom. The standard InChI is InChI=1S/C15H21B2N5O5/c1-8(24)2-3-12(25)27-9-4-11(26-10(9)5-23)21-7-20-13-14(21)18-6-19-15(13)22(16)17/h6-7,9-11,23H,2-5,16-17H2,1H3/t9?,10-,11-/m1/s1. The predicted octanol–water partition coefficient (Wildman–Crippen LogP) is -1.71. The number of nitrogens with zero attached hydrogens (tertiary/aromatic N) is 5. The molecule has 0 aromatic carbocycles. The molecule has 0 saturated carbocycles. The van der Waals surface area contributed by atoms with Gasteiger partial charge in [-0.2, -0.15) is 0 Å². The number of aliphatic hydroxyl groups excluding tert-OH is 1. The van der Waals surface area contributed by atoms with Gasteiger partial charge in [-0.3, -0.25) is 9.36 Å². The van der Waals surface area contributed by atoms with Gasteiger partial charge < -0.3 is 24.1 Å². The molecule has 1 aliphatic heterocycles. The average Bonchev–Trinajstić information content (AvgIpc) is 3.23. The summed E-state index contributed by atoms with van der Waals surface area (Å²) >= 11 is 0. The molecule has 27 heavy (non-hydrogen) atoms. The second kappa shape index (κ2) is 8.05. The molecule has 3 heterocycles. The second-order valence-electron chi connectivity index (χ2n) is 6.69. The molecule has 0 amide bonds. The predicted molar refractivity (Wildman–Crippen MR) is 100 cm³/mol. The fraction of sp³-hybridized carbons (Fsp3) is 0.533. The summed E-state index contributed by atoms with van der Waals surface area (Å²) in [6.45, 7) is 1.14. The van der Waals surface area contributed by atoms with E-state index in [9.17, 15) is 14.7 Å². The van der Waals surface area contributed by atoms with Crippen LogP contribution in [0, 0.1) is 0 Å². The summed E-state index contributed by atoms with van der Waals surface area (Å²) in [5, 5.41) is 9.59. The molecule has 1 fully saturated rings. The molecule has 1 saturated heterocycles. The van der Waals surface area contributed by atoms with Crippen molar-refractivity contribution in [2.75, 3.05) is 11.3 Å². The number of anilines is 1. The first kappa shape index (κ1) is 19.3. The Balaban J connectivity index is 1.77. The van der Waals surface area contributed by atoms with E-state index in [4.69, 9.17) is 9.47 Å². The van der Waals surface area contributed by atoms with Gasteiger partial charge in [0.25, 0.3) is 0 Å². The number of carbonyl (C=O) groups is 2. The third-order valence-corrected chi connectivity index (χ3v) is 4.40. The number of imidazole rings is 1. The molecule has 0 bridgehead atoms. The van der Waals surface area contributed by atoms with Gasteiger partial charge in [0.05, 0.1) is 19.4 Å². The van der Waals surface area contributed by atoms with Crippen molar-refractivity contribution in [3.63, 3.8) is 0 Å².